The van der Waals surface area contributed by atoms with E-state index in [2.05, 4.69) is 19.1 Å². The summed E-state index contributed by atoms with van der Waals surface area (Å²) in [5.41, 5.74) is 2.54. The molecule has 0 aromatic rings. The molecule has 0 heterocycles. The zero-order valence-electron chi connectivity index (χ0n) is 10.5. The van der Waals surface area contributed by atoms with Gasteiger partial charge in [0.05, 0.1) is 0 Å². The first-order valence-corrected chi connectivity index (χ1v) is 7.94. The fourth-order valence-electron chi connectivity index (χ4n) is 10.3. The van der Waals surface area contributed by atoms with Gasteiger partial charge in [-0.1, -0.05) is 19.1 Å². The van der Waals surface area contributed by atoms with E-state index in [1.165, 1.54) is 17.8 Å². The van der Waals surface area contributed by atoms with Crippen LogP contribution in [0, 0.1) is 57.7 Å². The van der Waals surface area contributed by atoms with Gasteiger partial charge in [-0.25, -0.2) is 0 Å². The molecule has 7 saturated carbocycles. The van der Waals surface area contributed by atoms with Crippen LogP contribution < -0.4 is 0 Å². The fraction of sp³-hybridized carbons (Fsp3) is 0.882. The number of rotatable bonds is 0. The highest BCUT2D eigenvalue weighted by Gasteiger charge is 2.98. The highest BCUT2D eigenvalue weighted by molar-refractivity contribution is 5.50. The molecule has 8 aliphatic rings. The zero-order chi connectivity index (χ0) is 10.8. The molecular weight excluding hydrogens is 204 g/mol. The molecule has 0 aliphatic heterocycles. The Hall–Kier alpha value is -0.260. The molecule has 0 radical (unpaired) electrons. The molecule has 2 spiro atoms. The SMILES string of the molecule is CC12CC3CC4C1CC1C=CC5C6CC3C46C152. The highest BCUT2D eigenvalue weighted by Crippen LogP contribution is 3.03. The van der Waals surface area contributed by atoms with Crippen molar-refractivity contribution in [1.29, 1.82) is 0 Å². The van der Waals surface area contributed by atoms with E-state index in [9.17, 15) is 0 Å². The lowest BCUT2D eigenvalue weighted by Crippen LogP contribution is -2.77. The van der Waals surface area contributed by atoms with Crippen LogP contribution in [-0.2, 0) is 0 Å². The van der Waals surface area contributed by atoms with E-state index in [-0.39, 0.29) is 0 Å². The summed E-state index contributed by atoms with van der Waals surface area (Å²) < 4.78 is 0. The molecule has 17 heavy (non-hydrogen) atoms. The standard InChI is InChI=1S/C17H20/c1-15-7-8-4-13-12(15)5-9-2-3-10-14-6-11(8)16(13,14)17(9,10)15/h2-3,8-14H,4-7H2,1H3. The molecule has 0 saturated heterocycles. The number of hydrogen-bond acceptors (Lipinski definition) is 0. The minimum Gasteiger partial charge on any atom is -0.0845 e. The summed E-state index contributed by atoms with van der Waals surface area (Å²) in [6.07, 6.45) is 11.9. The third kappa shape index (κ3) is 0.386. The van der Waals surface area contributed by atoms with E-state index in [4.69, 9.17) is 0 Å². The number of fused-ring (bicyclic) bond motifs is 1. The molecule has 10 atom stereocenters. The second-order valence-corrected chi connectivity index (χ2v) is 8.83. The van der Waals surface area contributed by atoms with Gasteiger partial charge >= 0.3 is 0 Å². The lowest BCUT2D eigenvalue weighted by atomic mass is 9.22. The zero-order valence-corrected chi connectivity index (χ0v) is 10.5. The van der Waals surface area contributed by atoms with E-state index in [1.807, 2.05) is 0 Å². The third-order valence-corrected chi connectivity index (χ3v) is 9.73. The minimum absolute atomic E-state index is 0.785. The van der Waals surface area contributed by atoms with E-state index >= 15 is 0 Å². The molecule has 0 N–H and O–H groups in total. The Bertz CT molecular complexity index is 532. The van der Waals surface area contributed by atoms with Crippen molar-refractivity contribution in [1.82, 2.24) is 0 Å². The minimum atomic E-state index is 0.785. The van der Waals surface area contributed by atoms with E-state index in [0.29, 0.717) is 0 Å². The number of hydrogen-bond donors (Lipinski definition) is 0. The van der Waals surface area contributed by atoms with Crippen LogP contribution in [0.15, 0.2) is 12.2 Å². The maximum atomic E-state index is 2.73. The first-order valence-electron chi connectivity index (χ1n) is 7.94. The Balaban J connectivity index is 1.68. The predicted molar refractivity (Wildman–Crippen MR) is 65.0 cm³/mol. The normalized spacial score (nSPS) is 86.1. The summed E-state index contributed by atoms with van der Waals surface area (Å²) >= 11 is 0. The summed E-state index contributed by atoms with van der Waals surface area (Å²) in [4.78, 5) is 0. The average molecular weight is 224 g/mol. The Kier molecular flexibility index (Phi) is 0.806. The van der Waals surface area contributed by atoms with Crippen molar-refractivity contribution in [3.05, 3.63) is 12.2 Å². The molecular formula is C17H20. The smallest absolute Gasteiger partial charge is 0.00474 e. The van der Waals surface area contributed by atoms with Gasteiger partial charge in [-0.15, -0.1) is 0 Å². The van der Waals surface area contributed by atoms with E-state index < -0.39 is 0 Å². The van der Waals surface area contributed by atoms with Gasteiger partial charge in [0.15, 0.2) is 0 Å². The average Bonchev–Trinajstić information content (AvgIpc) is 2.82. The van der Waals surface area contributed by atoms with E-state index in [0.717, 1.165) is 39.9 Å². The van der Waals surface area contributed by atoms with Crippen molar-refractivity contribution in [3.63, 3.8) is 0 Å². The summed E-state index contributed by atoms with van der Waals surface area (Å²) in [7, 11) is 0. The Morgan fingerprint density at radius 3 is 2.82 bits per heavy atom. The molecule has 10 unspecified atom stereocenters. The summed E-state index contributed by atoms with van der Waals surface area (Å²) in [5.74, 6) is 7.94. The number of allylic oxidation sites excluding steroid dienone is 2. The van der Waals surface area contributed by atoms with Gasteiger partial charge in [0.25, 0.3) is 0 Å². The first kappa shape index (κ1) is 8.02. The van der Waals surface area contributed by atoms with Crippen molar-refractivity contribution in [3.8, 4) is 0 Å². The Labute approximate surface area is 103 Å². The van der Waals surface area contributed by atoms with Gasteiger partial charge in [0.2, 0.25) is 0 Å². The molecule has 8 aliphatic carbocycles. The molecule has 7 fully saturated rings. The monoisotopic (exact) mass is 224 g/mol. The van der Waals surface area contributed by atoms with Gasteiger partial charge < -0.3 is 0 Å². The maximum absolute atomic E-state index is 2.73. The van der Waals surface area contributed by atoms with Crippen LogP contribution in [0.4, 0.5) is 0 Å². The van der Waals surface area contributed by atoms with Gasteiger partial charge in [0.1, 0.15) is 0 Å². The largest absolute Gasteiger partial charge is 0.0845 e. The van der Waals surface area contributed by atoms with Crippen LogP contribution in [0.5, 0.6) is 0 Å². The van der Waals surface area contributed by atoms with Gasteiger partial charge in [0, 0.05) is 0 Å². The third-order valence-electron chi connectivity index (χ3n) is 9.73. The van der Waals surface area contributed by atoms with Crippen LogP contribution in [0.2, 0.25) is 0 Å². The van der Waals surface area contributed by atoms with Crippen LogP contribution in [0.3, 0.4) is 0 Å². The Morgan fingerprint density at radius 1 is 0.941 bits per heavy atom. The van der Waals surface area contributed by atoms with Crippen molar-refractivity contribution >= 4 is 0 Å². The molecule has 0 heteroatoms. The topological polar surface area (TPSA) is 0 Å². The molecule has 0 amide bonds. The molecule has 8 rings (SSSR count). The predicted octanol–water partition coefficient (Wildman–Crippen LogP) is 3.49. The molecule has 0 aromatic heterocycles. The van der Waals surface area contributed by atoms with Gasteiger partial charge in [-0.05, 0) is 83.4 Å². The quantitative estimate of drug-likeness (QED) is 0.553. The van der Waals surface area contributed by atoms with Crippen molar-refractivity contribution in [2.24, 2.45) is 57.7 Å². The fourth-order valence-corrected chi connectivity index (χ4v) is 10.3. The maximum Gasteiger partial charge on any atom is -0.00474 e. The van der Waals surface area contributed by atoms with Crippen LogP contribution in [0.1, 0.15) is 32.6 Å². The lowest BCUT2D eigenvalue weighted by Gasteiger charge is -2.81. The summed E-state index contributed by atoms with van der Waals surface area (Å²) in [6, 6.07) is 0. The lowest BCUT2D eigenvalue weighted by molar-refractivity contribution is -0.340. The van der Waals surface area contributed by atoms with Crippen LogP contribution >= 0.6 is 0 Å². The molecule has 0 aromatic carbocycles. The van der Waals surface area contributed by atoms with Gasteiger partial charge in [-0.3, -0.25) is 0 Å². The molecule has 88 valence electrons. The first-order chi connectivity index (χ1) is 8.26. The van der Waals surface area contributed by atoms with Crippen LogP contribution in [0.25, 0.3) is 0 Å². The summed E-state index contributed by atoms with van der Waals surface area (Å²) in [5, 5.41) is 0. The summed E-state index contributed by atoms with van der Waals surface area (Å²) in [6.45, 7) is 2.73. The molecule has 0 nitrogen and oxygen atoms in total. The van der Waals surface area contributed by atoms with Crippen molar-refractivity contribution in [2.45, 2.75) is 32.6 Å². The van der Waals surface area contributed by atoms with Gasteiger partial charge in [-0.2, -0.15) is 0 Å². The molecule has 6 bridgehead atoms. The van der Waals surface area contributed by atoms with E-state index in [1.54, 1.807) is 25.7 Å². The van der Waals surface area contributed by atoms with Crippen LogP contribution in [-0.4, -0.2) is 0 Å². The second kappa shape index (κ2) is 1.71. The van der Waals surface area contributed by atoms with Crippen molar-refractivity contribution in [2.75, 3.05) is 0 Å². The Morgan fingerprint density at radius 2 is 1.88 bits per heavy atom. The second-order valence-electron chi connectivity index (χ2n) is 8.83. The highest BCUT2D eigenvalue weighted by atomic mass is 15.0. The van der Waals surface area contributed by atoms with Crippen molar-refractivity contribution < 1.29 is 0 Å².